The molecule has 0 aromatic heterocycles. The van der Waals surface area contributed by atoms with Gasteiger partial charge in [-0.3, -0.25) is 0 Å². The Labute approximate surface area is 120 Å². The number of benzene rings is 2. The monoisotopic (exact) mass is 272 g/mol. The van der Waals surface area contributed by atoms with Crippen molar-refractivity contribution in [3.05, 3.63) is 59.7 Å². The molecule has 0 fully saturated rings. The molecular weight excluding hydrogens is 252 g/mol. The van der Waals surface area contributed by atoms with Crippen molar-refractivity contribution in [1.82, 2.24) is 0 Å². The average molecular weight is 272 g/mol. The molecule has 0 amide bonds. The van der Waals surface area contributed by atoms with Crippen LogP contribution in [-0.2, 0) is 6.61 Å². The second-order valence-corrected chi connectivity index (χ2v) is 5.69. The van der Waals surface area contributed by atoms with Crippen LogP contribution >= 0.6 is 11.8 Å². The van der Waals surface area contributed by atoms with Gasteiger partial charge in [-0.15, -0.1) is 11.8 Å². The van der Waals surface area contributed by atoms with Gasteiger partial charge in [0.25, 0.3) is 0 Å². The normalized spacial score (nSPS) is 10.4. The second kappa shape index (κ2) is 7.25. The van der Waals surface area contributed by atoms with E-state index in [-0.39, 0.29) is 0 Å². The standard InChI is InChI=1S/C17H20OS/c1-3-11-19-17-12-16(10-9-14(17)2)18-13-15-7-5-4-6-8-15/h4-10,12H,3,11,13H2,1-2H3. The molecule has 0 saturated carbocycles. The molecule has 0 atom stereocenters. The molecule has 0 unspecified atom stereocenters. The van der Waals surface area contributed by atoms with Crippen LogP contribution < -0.4 is 4.74 Å². The topological polar surface area (TPSA) is 9.23 Å². The summed E-state index contributed by atoms with van der Waals surface area (Å²) in [6.45, 7) is 4.98. The summed E-state index contributed by atoms with van der Waals surface area (Å²) in [4.78, 5) is 1.33. The second-order valence-electron chi connectivity index (χ2n) is 4.55. The highest BCUT2D eigenvalue weighted by Crippen LogP contribution is 2.27. The quantitative estimate of drug-likeness (QED) is 0.678. The number of hydrogen-bond donors (Lipinski definition) is 0. The first kappa shape index (κ1) is 14.0. The number of thioether (sulfide) groups is 1. The molecule has 2 aromatic rings. The smallest absolute Gasteiger partial charge is 0.120 e. The minimum atomic E-state index is 0.627. The van der Waals surface area contributed by atoms with Gasteiger partial charge in [-0.05, 0) is 42.4 Å². The summed E-state index contributed by atoms with van der Waals surface area (Å²) in [6.07, 6.45) is 1.19. The Hall–Kier alpha value is -1.41. The number of rotatable bonds is 6. The Morgan fingerprint density at radius 3 is 2.58 bits per heavy atom. The fraction of sp³-hybridized carbons (Fsp3) is 0.294. The van der Waals surface area contributed by atoms with Crippen LogP contribution in [0.2, 0.25) is 0 Å². The SMILES string of the molecule is CCCSc1cc(OCc2ccccc2)ccc1C. The Morgan fingerprint density at radius 2 is 1.84 bits per heavy atom. The highest BCUT2D eigenvalue weighted by Gasteiger charge is 2.02. The third-order valence-corrected chi connectivity index (χ3v) is 4.23. The minimum Gasteiger partial charge on any atom is -0.489 e. The van der Waals surface area contributed by atoms with Crippen LogP contribution in [0.15, 0.2) is 53.4 Å². The van der Waals surface area contributed by atoms with Crippen LogP contribution in [0.4, 0.5) is 0 Å². The maximum Gasteiger partial charge on any atom is 0.120 e. The molecule has 0 aliphatic heterocycles. The Kier molecular flexibility index (Phi) is 5.34. The third-order valence-electron chi connectivity index (χ3n) is 2.87. The van der Waals surface area contributed by atoms with Gasteiger partial charge < -0.3 is 4.74 Å². The summed E-state index contributed by atoms with van der Waals surface area (Å²) >= 11 is 1.90. The minimum absolute atomic E-state index is 0.627. The fourth-order valence-electron chi connectivity index (χ4n) is 1.78. The van der Waals surface area contributed by atoms with Gasteiger partial charge in [0.2, 0.25) is 0 Å². The Morgan fingerprint density at radius 1 is 1.05 bits per heavy atom. The van der Waals surface area contributed by atoms with Gasteiger partial charge in [-0.2, -0.15) is 0 Å². The van der Waals surface area contributed by atoms with Gasteiger partial charge in [-0.1, -0.05) is 43.3 Å². The molecule has 0 spiro atoms. The summed E-state index contributed by atoms with van der Waals surface area (Å²) in [7, 11) is 0. The lowest BCUT2D eigenvalue weighted by molar-refractivity contribution is 0.305. The Balaban J connectivity index is 2.00. The van der Waals surface area contributed by atoms with Crippen molar-refractivity contribution in [1.29, 1.82) is 0 Å². The molecule has 2 heteroatoms. The first-order valence-electron chi connectivity index (χ1n) is 6.69. The molecule has 1 nitrogen and oxygen atoms in total. The van der Waals surface area contributed by atoms with E-state index in [1.54, 1.807) is 0 Å². The van der Waals surface area contributed by atoms with E-state index in [9.17, 15) is 0 Å². The van der Waals surface area contributed by atoms with Gasteiger partial charge in [0.1, 0.15) is 12.4 Å². The average Bonchev–Trinajstić information content (AvgIpc) is 2.46. The van der Waals surface area contributed by atoms with E-state index in [0.29, 0.717) is 6.61 Å². The number of ether oxygens (including phenoxy) is 1. The summed E-state index contributed by atoms with van der Waals surface area (Å²) in [5.74, 6) is 2.11. The molecule has 0 bridgehead atoms. The van der Waals surface area contributed by atoms with Crippen LogP contribution in [0.1, 0.15) is 24.5 Å². The zero-order chi connectivity index (χ0) is 13.5. The predicted molar refractivity (Wildman–Crippen MR) is 83.0 cm³/mol. The zero-order valence-electron chi connectivity index (χ0n) is 11.6. The van der Waals surface area contributed by atoms with E-state index in [1.807, 2.05) is 36.0 Å². The van der Waals surface area contributed by atoms with Crippen LogP contribution in [-0.4, -0.2) is 5.75 Å². The lowest BCUT2D eigenvalue weighted by Crippen LogP contribution is -1.95. The Bertz CT molecular complexity index is 508. The molecule has 0 aliphatic rings. The summed E-state index contributed by atoms with van der Waals surface area (Å²) < 4.78 is 5.85. The molecule has 19 heavy (non-hydrogen) atoms. The van der Waals surface area contributed by atoms with Crippen molar-refractivity contribution in [2.45, 2.75) is 31.8 Å². The van der Waals surface area contributed by atoms with Gasteiger partial charge in [-0.25, -0.2) is 0 Å². The van der Waals surface area contributed by atoms with E-state index < -0.39 is 0 Å². The van der Waals surface area contributed by atoms with Crippen molar-refractivity contribution in [2.75, 3.05) is 5.75 Å². The van der Waals surface area contributed by atoms with Crippen molar-refractivity contribution in [2.24, 2.45) is 0 Å². The van der Waals surface area contributed by atoms with E-state index in [1.165, 1.54) is 22.4 Å². The molecular formula is C17H20OS. The van der Waals surface area contributed by atoms with Crippen molar-refractivity contribution < 1.29 is 4.74 Å². The van der Waals surface area contributed by atoms with Gasteiger partial charge in [0, 0.05) is 4.90 Å². The lowest BCUT2D eigenvalue weighted by atomic mass is 10.2. The lowest BCUT2D eigenvalue weighted by Gasteiger charge is -2.10. The van der Waals surface area contributed by atoms with Crippen molar-refractivity contribution >= 4 is 11.8 Å². The highest BCUT2D eigenvalue weighted by molar-refractivity contribution is 7.99. The summed E-state index contributed by atoms with van der Waals surface area (Å²) in [5, 5.41) is 0. The summed E-state index contributed by atoms with van der Waals surface area (Å²) in [6, 6.07) is 16.6. The van der Waals surface area contributed by atoms with Gasteiger partial charge in [0.05, 0.1) is 0 Å². The molecule has 0 radical (unpaired) electrons. The number of hydrogen-bond acceptors (Lipinski definition) is 2. The van der Waals surface area contributed by atoms with Crippen LogP contribution in [0.5, 0.6) is 5.75 Å². The van der Waals surface area contributed by atoms with Gasteiger partial charge in [0.15, 0.2) is 0 Å². The summed E-state index contributed by atoms with van der Waals surface area (Å²) in [5.41, 5.74) is 2.52. The molecule has 0 aliphatic carbocycles. The molecule has 100 valence electrons. The maximum absolute atomic E-state index is 5.85. The maximum atomic E-state index is 5.85. The third kappa shape index (κ3) is 4.32. The largest absolute Gasteiger partial charge is 0.489 e. The zero-order valence-corrected chi connectivity index (χ0v) is 12.4. The molecule has 0 heterocycles. The van der Waals surface area contributed by atoms with E-state index >= 15 is 0 Å². The highest BCUT2D eigenvalue weighted by atomic mass is 32.2. The molecule has 2 rings (SSSR count). The predicted octanol–water partition coefficient (Wildman–Crippen LogP) is 5.08. The van der Waals surface area contributed by atoms with Gasteiger partial charge >= 0.3 is 0 Å². The first-order chi connectivity index (χ1) is 9.29. The van der Waals surface area contributed by atoms with E-state index in [2.05, 4.69) is 38.1 Å². The van der Waals surface area contributed by atoms with Crippen LogP contribution in [0, 0.1) is 6.92 Å². The van der Waals surface area contributed by atoms with Crippen molar-refractivity contribution in [3.8, 4) is 5.75 Å². The van der Waals surface area contributed by atoms with Crippen LogP contribution in [0.25, 0.3) is 0 Å². The first-order valence-corrected chi connectivity index (χ1v) is 7.68. The van der Waals surface area contributed by atoms with E-state index in [0.717, 1.165) is 11.5 Å². The number of aryl methyl sites for hydroxylation is 1. The molecule has 0 saturated heterocycles. The van der Waals surface area contributed by atoms with Crippen LogP contribution in [0.3, 0.4) is 0 Å². The molecule has 2 aromatic carbocycles. The van der Waals surface area contributed by atoms with E-state index in [4.69, 9.17) is 4.74 Å². The van der Waals surface area contributed by atoms with Crippen molar-refractivity contribution in [3.63, 3.8) is 0 Å². The molecule has 0 N–H and O–H groups in total. The fourth-order valence-corrected chi connectivity index (χ4v) is 2.70.